The Morgan fingerprint density at radius 3 is 2.79 bits per heavy atom. The molecule has 1 atom stereocenters. The van der Waals surface area contributed by atoms with Crippen molar-refractivity contribution in [2.75, 3.05) is 5.32 Å². The first-order chi connectivity index (χ1) is 9.08. The van der Waals surface area contributed by atoms with Crippen molar-refractivity contribution < 1.29 is 4.79 Å². The number of anilines is 1. The molecule has 0 fully saturated rings. The van der Waals surface area contributed by atoms with Crippen LogP contribution in [0.4, 0.5) is 5.82 Å². The van der Waals surface area contributed by atoms with Gasteiger partial charge in [-0.3, -0.25) is 9.48 Å². The van der Waals surface area contributed by atoms with E-state index in [1.54, 1.807) is 4.68 Å². The van der Waals surface area contributed by atoms with E-state index in [-0.39, 0.29) is 11.8 Å². The number of fused-ring (bicyclic) bond motifs is 1. The van der Waals surface area contributed by atoms with Crippen molar-refractivity contribution in [1.82, 2.24) is 9.78 Å². The highest BCUT2D eigenvalue weighted by molar-refractivity contribution is 5.94. The number of nitrogens with zero attached hydrogens (tertiary/aromatic N) is 2. The summed E-state index contributed by atoms with van der Waals surface area (Å²) in [4.78, 5) is 11.9. The van der Waals surface area contributed by atoms with Crippen LogP contribution in [0, 0.1) is 13.8 Å². The third-order valence-corrected chi connectivity index (χ3v) is 3.83. The summed E-state index contributed by atoms with van der Waals surface area (Å²) < 4.78 is 1.76. The van der Waals surface area contributed by atoms with Crippen molar-refractivity contribution in [3.8, 4) is 0 Å². The monoisotopic (exact) mass is 255 g/mol. The molecule has 2 heterocycles. The predicted octanol–water partition coefficient (Wildman–Crippen LogP) is 2.51. The largest absolute Gasteiger partial charge is 0.311 e. The first-order valence-electron chi connectivity index (χ1n) is 6.47. The molecule has 1 aliphatic heterocycles. The van der Waals surface area contributed by atoms with E-state index in [0.29, 0.717) is 6.42 Å². The molecule has 0 radical (unpaired) electrons. The number of carbonyl (C=O) groups excluding carboxylic acids is 1. The minimum Gasteiger partial charge on any atom is -0.311 e. The maximum Gasteiger partial charge on any atom is 0.226 e. The van der Waals surface area contributed by atoms with Crippen LogP contribution in [0.5, 0.6) is 0 Å². The molecule has 1 N–H and O–H groups in total. The van der Waals surface area contributed by atoms with Gasteiger partial charge in [0.1, 0.15) is 5.82 Å². The maximum atomic E-state index is 11.9. The number of carbonyl (C=O) groups is 1. The van der Waals surface area contributed by atoms with Crippen LogP contribution in [0.1, 0.15) is 34.7 Å². The Morgan fingerprint density at radius 1 is 1.32 bits per heavy atom. The zero-order valence-corrected chi connectivity index (χ0v) is 11.4. The molecule has 1 amide bonds. The van der Waals surface area contributed by atoms with Crippen molar-refractivity contribution in [3.63, 3.8) is 0 Å². The fourth-order valence-electron chi connectivity index (χ4n) is 2.95. The number of aryl methyl sites for hydroxylation is 3. The van der Waals surface area contributed by atoms with Crippen LogP contribution in [0.15, 0.2) is 24.3 Å². The summed E-state index contributed by atoms with van der Waals surface area (Å²) in [6.45, 7) is 4.09. The molecule has 1 unspecified atom stereocenters. The van der Waals surface area contributed by atoms with Crippen molar-refractivity contribution in [2.45, 2.75) is 26.2 Å². The van der Waals surface area contributed by atoms with Gasteiger partial charge in [-0.1, -0.05) is 24.3 Å². The lowest BCUT2D eigenvalue weighted by atomic mass is 9.84. The van der Waals surface area contributed by atoms with Gasteiger partial charge < -0.3 is 5.32 Å². The van der Waals surface area contributed by atoms with E-state index < -0.39 is 0 Å². The van der Waals surface area contributed by atoms with Gasteiger partial charge in [-0.05, 0) is 25.0 Å². The van der Waals surface area contributed by atoms with Crippen LogP contribution in [0.3, 0.4) is 0 Å². The standard InChI is InChI=1S/C15H17N3O/c1-9-6-4-5-7-11(9)12-8-13(19)16-15-14(12)10(2)17-18(15)3/h4-7,12H,8H2,1-3H3,(H,16,19). The van der Waals surface area contributed by atoms with Crippen LogP contribution in [-0.4, -0.2) is 15.7 Å². The van der Waals surface area contributed by atoms with Crippen molar-refractivity contribution in [3.05, 3.63) is 46.6 Å². The maximum absolute atomic E-state index is 11.9. The number of hydrogen-bond acceptors (Lipinski definition) is 2. The Labute approximate surface area is 112 Å². The van der Waals surface area contributed by atoms with Crippen LogP contribution < -0.4 is 5.32 Å². The minimum atomic E-state index is 0.0590. The summed E-state index contributed by atoms with van der Waals surface area (Å²) in [7, 11) is 1.87. The Hall–Kier alpha value is -2.10. The molecule has 1 aliphatic rings. The minimum absolute atomic E-state index is 0.0590. The molecule has 1 aromatic heterocycles. The molecule has 0 saturated heterocycles. The number of benzene rings is 1. The fraction of sp³-hybridized carbons (Fsp3) is 0.333. The summed E-state index contributed by atoms with van der Waals surface area (Å²) in [5.41, 5.74) is 4.58. The fourth-order valence-corrected chi connectivity index (χ4v) is 2.95. The van der Waals surface area contributed by atoms with Gasteiger partial charge in [-0.2, -0.15) is 5.10 Å². The second-order valence-electron chi connectivity index (χ2n) is 5.13. The third-order valence-electron chi connectivity index (χ3n) is 3.83. The van der Waals surface area contributed by atoms with E-state index in [1.165, 1.54) is 11.1 Å². The molecule has 4 heteroatoms. The zero-order chi connectivity index (χ0) is 13.6. The average Bonchev–Trinajstić information content (AvgIpc) is 2.65. The third kappa shape index (κ3) is 1.84. The number of rotatable bonds is 1. The van der Waals surface area contributed by atoms with Gasteiger partial charge in [0, 0.05) is 24.9 Å². The van der Waals surface area contributed by atoms with E-state index in [1.807, 2.05) is 26.1 Å². The number of amides is 1. The lowest BCUT2D eigenvalue weighted by Crippen LogP contribution is -2.25. The van der Waals surface area contributed by atoms with Crippen LogP contribution in [-0.2, 0) is 11.8 Å². The first-order valence-corrected chi connectivity index (χ1v) is 6.47. The Balaban J connectivity index is 2.19. The van der Waals surface area contributed by atoms with Crippen LogP contribution in [0.25, 0.3) is 0 Å². The summed E-state index contributed by atoms with van der Waals surface area (Å²) in [5, 5.41) is 7.36. The molecular weight excluding hydrogens is 238 g/mol. The number of nitrogens with one attached hydrogen (secondary N) is 1. The molecule has 4 nitrogen and oxygen atoms in total. The molecule has 2 aromatic rings. The van der Waals surface area contributed by atoms with Gasteiger partial charge in [0.2, 0.25) is 5.91 Å². The van der Waals surface area contributed by atoms with E-state index in [0.717, 1.165) is 17.1 Å². The van der Waals surface area contributed by atoms with Gasteiger partial charge >= 0.3 is 0 Å². The first kappa shape index (κ1) is 12.0. The van der Waals surface area contributed by atoms with Gasteiger partial charge in [-0.25, -0.2) is 0 Å². The Kier molecular flexibility index (Phi) is 2.66. The molecule has 0 aliphatic carbocycles. The second-order valence-corrected chi connectivity index (χ2v) is 5.13. The summed E-state index contributed by atoms with van der Waals surface area (Å²) >= 11 is 0. The smallest absolute Gasteiger partial charge is 0.226 e. The lowest BCUT2D eigenvalue weighted by molar-refractivity contribution is -0.116. The number of hydrogen-bond donors (Lipinski definition) is 1. The highest BCUT2D eigenvalue weighted by Crippen LogP contribution is 2.39. The molecule has 1 aromatic carbocycles. The molecule has 19 heavy (non-hydrogen) atoms. The van der Waals surface area contributed by atoms with Crippen molar-refractivity contribution in [2.24, 2.45) is 7.05 Å². The van der Waals surface area contributed by atoms with Crippen LogP contribution in [0.2, 0.25) is 0 Å². The molecule has 0 saturated carbocycles. The summed E-state index contributed by atoms with van der Waals surface area (Å²) in [6, 6.07) is 8.25. The predicted molar refractivity (Wildman–Crippen MR) is 74.2 cm³/mol. The molecular formula is C15H17N3O. The topological polar surface area (TPSA) is 46.9 Å². The summed E-state index contributed by atoms with van der Waals surface area (Å²) in [5.74, 6) is 1.00. The highest BCUT2D eigenvalue weighted by Gasteiger charge is 2.31. The average molecular weight is 255 g/mol. The Morgan fingerprint density at radius 2 is 2.05 bits per heavy atom. The van der Waals surface area contributed by atoms with E-state index in [4.69, 9.17) is 0 Å². The highest BCUT2D eigenvalue weighted by atomic mass is 16.1. The lowest BCUT2D eigenvalue weighted by Gasteiger charge is -2.25. The van der Waals surface area contributed by atoms with Crippen molar-refractivity contribution >= 4 is 11.7 Å². The SMILES string of the molecule is Cc1ccccc1C1CC(=O)Nc2c1c(C)nn2C. The van der Waals surface area contributed by atoms with Gasteiger partial charge in [0.15, 0.2) is 0 Å². The van der Waals surface area contributed by atoms with Gasteiger partial charge in [0.25, 0.3) is 0 Å². The Bertz CT molecular complexity index is 657. The quantitative estimate of drug-likeness (QED) is 0.851. The van der Waals surface area contributed by atoms with Crippen LogP contribution >= 0.6 is 0 Å². The second kappa shape index (κ2) is 4.23. The molecule has 0 spiro atoms. The normalized spacial score (nSPS) is 18.1. The van der Waals surface area contributed by atoms with E-state index in [2.05, 4.69) is 29.5 Å². The van der Waals surface area contributed by atoms with Crippen molar-refractivity contribution in [1.29, 1.82) is 0 Å². The zero-order valence-electron chi connectivity index (χ0n) is 11.4. The van der Waals surface area contributed by atoms with Gasteiger partial charge in [-0.15, -0.1) is 0 Å². The number of aromatic nitrogens is 2. The van der Waals surface area contributed by atoms with E-state index in [9.17, 15) is 4.79 Å². The molecule has 0 bridgehead atoms. The summed E-state index contributed by atoms with van der Waals surface area (Å²) in [6.07, 6.45) is 0.490. The molecule has 3 rings (SSSR count). The van der Waals surface area contributed by atoms with Gasteiger partial charge in [0.05, 0.1) is 5.69 Å². The molecule has 98 valence electrons. The van der Waals surface area contributed by atoms with E-state index >= 15 is 0 Å².